The first kappa shape index (κ1) is 70.7. The molecule has 1 fully saturated rings. The minimum Gasteiger partial charge on any atom is -0.480 e. The molecule has 1 aliphatic heterocycles. The van der Waals surface area contributed by atoms with Crippen LogP contribution in [-0.2, 0) is 63.4 Å². The number of likely N-dealkylation sites (N-methyl/N-ethyl adjacent to an activating group) is 1. The molecule has 81 heavy (non-hydrogen) atoms. The molecule has 1 aromatic heterocycles. The third-order valence-corrected chi connectivity index (χ3v) is 14.5. The van der Waals surface area contributed by atoms with E-state index in [0.717, 1.165) is 62.7 Å². The minimum absolute atomic E-state index is 0.0295. The van der Waals surface area contributed by atoms with Crippen molar-refractivity contribution < 1.29 is 66.9 Å². The fourth-order valence-corrected chi connectivity index (χ4v) is 9.70. The summed E-state index contributed by atoms with van der Waals surface area (Å²) in [6.07, 6.45) is 5.71. The smallest absolute Gasteiger partial charge is 0.326 e. The molecule has 1 saturated heterocycles. The number of carbonyl (C=O) groups is 4. The number of nitrogens with one attached hydrogen (secondary N) is 3. The second-order valence-corrected chi connectivity index (χ2v) is 21.2. The number of carboxylic acids is 1. The number of ether oxygens (including phenoxy) is 9. The number of aliphatic carboxylic acids is 1. The first-order valence-electron chi connectivity index (χ1n) is 29.2. The first-order valence-corrected chi connectivity index (χ1v) is 30.1. The van der Waals surface area contributed by atoms with Crippen molar-refractivity contribution in [3.63, 3.8) is 0 Å². The van der Waals surface area contributed by atoms with E-state index in [1.54, 1.807) is 5.38 Å². The van der Waals surface area contributed by atoms with Crippen LogP contribution in [0.25, 0.3) is 10.4 Å². The van der Waals surface area contributed by atoms with Crippen molar-refractivity contribution >= 4 is 40.7 Å². The summed E-state index contributed by atoms with van der Waals surface area (Å²) < 4.78 is 50.3. The Labute approximate surface area is 485 Å². The molecule has 460 valence electrons. The van der Waals surface area contributed by atoms with Crippen molar-refractivity contribution in [1.82, 2.24) is 25.4 Å². The average Bonchev–Trinajstić information content (AvgIpc) is 3.96. The third-order valence-electron chi connectivity index (χ3n) is 13.6. The molecule has 1 aliphatic rings. The lowest BCUT2D eigenvalue weighted by atomic mass is 9.92. The lowest BCUT2D eigenvalue weighted by Gasteiger charge is -2.40. The molecule has 0 radical (unpaired) electrons. The molecule has 2 heterocycles. The van der Waals surface area contributed by atoms with E-state index in [4.69, 9.17) is 53.1 Å². The third kappa shape index (κ3) is 29.5. The van der Waals surface area contributed by atoms with Gasteiger partial charge in [0.05, 0.1) is 105 Å². The van der Waals surface area contributed by atoms with E-state index in [-0.39, 0.29) is 47.8 Å². The second kappa shape index (κ2) is 44.0. The zero-order valence-electron chi connectivity index (χ0n) is 49.5. The van der Waals surface area contributed by atoms with Gasteiger partial charge in [0.1, 0.15) is 28.9 Å². The van der Waals surface area contributed by atoms with Crippen LogP contribution in [-0.4, -0.2) is 213 Å². The van der Waals surface area contributed by atoms with Gasteiger partial charge in [-0.2, -0.15) is 0 Å². The summed E-state index contributed by atoms with van der Waals surface area (Å²) in [6.45, 7) is 22.4. The van der Waals surface area contributed by atoms with Gasteiger partial charge in [-0.1, -0.05) is 71.6 Å². The van der Waals surface area contributed by atoms with Gasteiger partial charge < -0.3 is 68.6 Å². The van der Waals surface area contributed by atoms with Gasteiger partial charge in [-0.15, -0.1) is 11.3 Å². The summed E-state index contributed by atoms with van der Waals surface area (Å²) in [5, 5.41) is 25.0. The Morgan fingerprint density at radius 2 is 1.36 bits per heavy atom. The minimum atomic E-state index is -1.20. The number of amides is 3. The van der Waals surface area contributed by atoms with Gasteiger partial charge in [-0.3, -0.25) is 19.3 Å². The van der Waals surface area contributed by atoms with Gasteiger partial charge in [0.15, 0.2) is 0 Å². The molecule has 0 bridgehead atoms. The first-order chi connectivity index (χ1) is 39.3. The predicted octanol–water partition coefficient (Wildman–Crippen LogP) is 6.95. The van der Waals surface area contributed by atoms with Gasteiger partial charge in [0, 0.05) is 67.7 Å². The zero-order chi connectivity index (χ0) is 58.9. The number of hydrogen-bond donors (Lipinski definition) is 4. The van der Waals surface area contributed by atoms with Crippen LogP contribution in [0.2, 0.25) is 0 Å². The number of nitrogens with zero attached hydrogens (tertiary/aromatic N) is 6. The Bertz CT molecular complexity index is 2050. The molecular formula is C57H97N9O14S. The van der Waals surface area contributed by atoms with Crippen molar-refractivity contribution in [3.8, 4) is 0 Å². The number of carbonyl (C=O) groups excluding carboxylic acids is 3. The van der Waals surface area contributed by atoms with Crippen LogP contribution >= 0.6 is 11.3 Å². The van der Waals surface area contributed by atoms with E-state index in [2.05, 4.69) is 44.7 Å². The number of hydrogen-bond acceptors (Lipinski definition) is 18. The highest BCUT2D eigenvalue weighted by atomic mass is 32.1. The number of piperidine rings is 1. The fraction of sp³-hybridized carbons (Fsp3) is 0.772. The number of thiazole rings is 1. The van der Waals surface area contributed by atoms with Crippen molar-refractivity contribution in [2.24, 2.45) is 17.0 Å². The van der Waals surface area contributed by atoms with Crippen LogP contribution in [0.15, 0.2) is 34.8 Å². The van der Waals surface area contributed by atoms with Crippen molar-refractivity contribution in [2.75, 3.05) is 151 Å². The van der Waals surface area contributed by atoms with Crippen LogP contribution in [0.4, 0.5) is 5.69 Å². The molecule has 3 amide bonds. The van der Waals surface area contributed by atoms with Crippen molar-refractivity contribution in [1.29, 1.82) is 0 Å². The van der Waals surface area contributed by atoms with Gasteiger partial charge in [0.2, 0.25) is 11.8 Å². The van der Waals surface area contributed by atoms with Crippen LogP contribution in [0.3, 0.4) is 0 Å². The molecule has 23 nitrogen and oxygen atoms in total. The normalized spacial score (nSPS) is 15.6. The van der Waals surface area contributed by atoms with Crippen LogP contribution in [0.5, 0.6) is 0 Å². The van der Waals surface area contributed by atoms with Crippen LogP contribution in [0, 0.1) is 11.8 Å². The van der Waals surface area contributed by atoms with E-state index in [9.17, 15) is 24.3 Å². The van der Waals surface area contributed by atoms with Crippen LogP contribution in [0.1, 0.15) is 120 Å². The molecular weight excluding hydrogens is 1070 g/mol. The maximum absolute atomic E-state index is 14.7. The van der Waals surface area contributed by atoms with E-state index in [0.29, 0.717) is 143 Å². The number of anilines is 1. The highest BCUT2D eigenvalue weighted by Crippen LogP contribution is 2.32. The molecule has 0 saturated carbocycles. The number of carboxylic acid groups (broad SMARTS) is 1. The van der Waals surface area contributed by atoms with Crippen molar-refractivity contribution in [3.05, 3.63) is 56.4 Å². The fourth-order valence-electron chi connectivity index (χ4n) is 8.84. The summed E-state index contributed by atoms with van der Waals surface area (Å²) in [7, 11) is 1.97. The number of azide groups is 1. The Hall–Kier alpha value is -4.56. The summed E-state index contributed by atoms with van der Waals surface area (Å²) in [5.74, 6) is -2.03. The van der Waals surface area contributed by atoms with Crippen molar-refractivity contribution in [2.45, 2.75) is 130 Å². The van der Waals surface area contributed by atoms with E-state index < -0.39 is 30.1 Å². The lowest BCUT2D eigenvalue weighted by molar-refractivity contribution is -0.143. The van der Waals surface area contributed by atoms with E-state index in [1.165, 1.54) is 11.3 Å². The maximum atomic E-state index is 14.7. The van der Waals surface area contributed by atoms with Gasteiger partial charge in [-0.25, -0.2) is 9.78 Å². The number of likely N-dealkylation sites (tertiary alicyclic amines) is 1. The molecule has 0 unspecified atom stereocenters. The zero-order valence-corrected chi connectivity index (χ0v) is 50.3. The Morgan fingerprint density at radius 1 is 0.790 bits per heavy atom. The molecule has 1 aromatic carbocycles. The molecule has 3 rings (SSSR count). The predicted molar refractivity (Wildman–Crippen MR) is 311 cm³/mol. The summed E-state index contributed by atoms with van der Waals surface area (Å²) in [4.78, 5) is 65.9. The Kier molecular flexibility index (Phi) is 38.4. The lowest BCUT2D eigenvalue weighted by Crippen LogP contribution is -2.58. The highest BCUT2D eigenvalue weighted by Gasteiger charge is 2.38. The molecule has 2 aromatic rings. The molecule has 0 aliphatic carbocycles. The average molecular weight is 1160 g/mol. The topological polar surface area (TPSA) is 276 Å². The maximum Gasteiger partial charge on any atom is 0.326 e. The summed E-state index contributed by atoms with van der Waals surface area (Å²) in [5.41, 5.74) is 9.91. The summed E-state index contributed by atoms with van der Waals surface area (Å²) in [6, 6.07) is 5.03. The van der Waals surface area contributed by atoms with Gasteiger partial charge in [0.25, 0.3) is 5.91 Å². The Balaban J connectivity index is 1.34. The second-order valence-electron chi connectivity index (χ2n) is 20.3. The number of benzene rings is 1. The Morgan fingerprint density at radius 3 is 1.86 bits per heavy atom. The quantitative estimate of drug-likeness (QED) is 0.0226. The molecule has 6 atom stereocenters. The molecule has 0 spiro atoms. The van der Waals surface area contributed by atoms with Gasteiger partial charge >= 0.3 is 5.97 Å². The largest absolute Gasteiger partial charge is 0.480 e. The monoisotopic (exact) mass is 1160 g/mol. The van der Waals surface area contributed by atoms with E-state index in [1.807, 2.05) is 63.9 Å². The molecule has 4 N–H and O–H groups in total. The van der Waals surface area contributed by atoms with Crippen LogP contribution < -0.4 is 16.0 Å². The standard InChI is InChI=1S/C57H97N9O14S/c1-8-21-66(56(69)52(44(6)10-3)63-54(68)49-14-11-12-22-65(49)7)50(43(4)5)41-51(80-23-9-2)55-62-48(42-81-55)53(67)61-47(57(70)71)40-45-15-17-46(18-16-45)59-19-13-24-72-26-28-74-30-32-76-34-36-78-38-39-79-37-35-77-33-31-75-29-27-73-25-20-60-64-58/h15-18,42-44,47,49-52,59H,8-14,19-41H2,1-7H3,(H,61,67)(H,63,68)(H,70,71)/t44-,47-,49+,50+,51+,52-/m0/s1. The van der Waals surface area contributed by atoms with E-state index >= 15 is 0 Å². The molecule has 24 heteroatoms. The summed E-state index contributed by atoms with van der Waals surface area (Å²) >= 11 is 1.28. The number of aromatic nitrogens is 1. The SMILES string of the molecule is CCCO[C@H](C[C@H](C(C)C)N(CCC)C(=O)[C@@H](NC(=O)[C@H]1CCCCN1C)[C@@H](C)CC)c1nc(C(=O)N[C@@H](Cc2ccc(NCCCOCCOCCOCCOCCOCCOCCOCCOCCN=[N+]=[N-])cc2)C(=O)O)cs1. The number of rotatable bonds is 49. The highest BCUT2D eigenvalue weighted by molar-refractivity contribution is 7.09. The van der Waals surface area contributed by atoms with Gasteiger partial charge in [-0.05, 0) is 80.8 Å².